The molecule has 1 heterocycles. The maximum absolute atomic E-state index is 12.6. The van der Waals surface area contributed by atoms with Crippen LogP contribution >= 0.6 is 0 Å². The molecule has 1 atom stereocenters. The van der Waals surface area contributed by atoms with Crippen LogP contribution in [-0.2, 0) is 11.2 Å². The smallest absolute Gasteiger partial charge is 0.229 e. The number of anilines is 1. The quantitative estimate of drug-likeness (QED) is 0.816. The molecule has 1 amide bonds. The van der Waals surface area contributed by atoms with Gasteiger partial charge in [0.15, 0.2) is 17.3 Å². The third-order valence-corrected chi connectivity index (χ3v) is 4.77. The maximum atomic E-state index is 12.6. The zero-order chi connectivity index (χ0) is 20.3. The molecule has 0 fully saturated rings. The van der Waals surface area contributed by atoms with Crippen molar-refractivity contribution in [2.24, 2.45) is 0 Å². The first kappa shape index (κ1) is 19.6. The van der Waals surface area contributed by atoms with Crippen molar-refractivity contribution in [1.82, 2.24) is 9.97 Å². The van der Waals surface area contributed by atoms with Crippen molar-refractivity contribution in [2.75, 3.05) is 26.6 Å². The van der Waals surface area contributed by atoms with E-state index in [4.69, 9.17) is 14.2 Å². The van der Waals surface area contributed by atoms with Gasteiger partial charge < -0.3 is 14.2 Å². The highest BCUT2D eigenvalue weighted by atomic mass is 16.5. The summed E-state index contributed by atoms with van der Waals surface area (Å²) in [7, 11) is 4.65. The molecule has 148 valence electrons. The summed E-state index contributed by atoms with van der Waals surface area (Å²) < 4.78 is 16.2. The van der Waals surface area contributed by atoms with Gasteiger partial charge in [0.2, 0.25) is 17.6 Å². The van der Waals surface area contributed by atoms with Gasteiger partial charge in [-0.2, -0.15) is 0 Å². The minimum atomic E-state index is -0.178. The highest BCUT2D eigenvalue weighted by Gasteiger charge is 2.29. The third kappa shape index (κ3) is 3.76. The van der Waals surface area contributed by atoms with Crippen LogP contribution < -0.4 is 19.5 Å². The number of amides is 1. The van der Waals surface area contributed by atoms with E-state index in [1.807, 2.05) is 12.1 Å². The summed E-state index contributed by atoms with van der Waals surface area (Å²) >= 11 is 0. The molecule has 0 radical (unpaired) electrons. The molecular formula is C20H23N3O5. The Labute approximate surface area is 163 Å². The molecule has 1 aliphatic carbocycles. The van der Waals surface area contributed by atoms with Crippen LogP contribution in [0.1, 0.15) is 47.3 Å². The lowest BCUT2D eigenvalue weighted by atomic mass is 9.82. The summed E-state index contributed by atoms with van der Waals surface area (Å²) in [6.07, 6.45) is 2.68. The Balaban J connectivity index is 1.95. The molecule has 0 spiro atoms. The molecule has 0 bridgehead atoms. The number of fused-ring (bicyclic) bond motifs is 1. The fourth-order valence-corrected chi connectivity index (χ4v) is 3.29. The Bertz CT molecular complexity index is 888. The van der Waals surface area contributed by atoms with Gasteiger partial charge in [0, 0.05) is 19.0 Å². The number of aromatic nitrogens is 2. The van der Waals surface area contributed by atoms with Crippen LogP contribution in [0.4, 0.5) is 5.95 Å². The minimum absolute atomic E-state index is 0.0339. The fraction of sp³-hybridized carbons (Fsp3) is 0.400. The van der Waals surface area contributed by atoms with Gasteiger partial charge in [-0.05, 0) is 30.0 Å². The van der Waals surface area contributed by atoms with Gasteiger partial charge in [-0.15, -0.1) is 0 Å². The molecule has 1 aromatic carbocycles. The van der Waals surface area contributed by atoms with Crippen LogP contribution in [0.2, 0.25) is 0 Å². The number of benzene rings is 1. The third-order valence-electron chi connectivity index (χ3n) is 4.77. The Hall–Kier alpha value is -3.16. The summed E-state index contributed by atoms with van der Waals surface area (Å²) in [6, 6.07) is 3.70. The van der Waals surface area contributed by atoms with E-state index in [0.29, 0.717) is 47.8 Å². The van der Waals surface area contributed by atoms with Crippen LogP contribution in [0.15, 0.2) is 18.3 Å². The van der Waals surface area contributed by atoms with E-state index < -0.39 is 0 Å². The van der Waals surface area contributed by atoms with Gasteiger partial charge in [-0.3, -0.25) is 14.9 Å². The van der Waals surface area contributed by atoms with E-state index in [0.717, 1.165) is 5.56 Å². The number of nitrogens with one attached hydrogen (secondary N) is 1. The number of carbonyl (C=O) groups excluding carboxylic acids is 2. The zero-order valence-electron chi connectivity index (χ0n) is 16.4. The van der Waals surface area contributed by atoms with Crippen molar-refractivity contribution in [3.8, 4) is 17.2 Å². The molecule has 0 unspecified atom stereocenters. The minimum Gasteiger partial charge on any atom is -0.493 e. The predicted octanol–water partition coefficient (Wildman–Crippen LogP) is 2.76. The summed E-state index contributed by atoms with van der Waals surface area (Å²) in [5, 5.41) is 2.63. The number of Topliss-reactive ketones (excluding diaryl/α,β-unsaturated/α-hetero) is 1. The number of ketones is 1. The standard InChI is InChI=1S/C20H23N3O5/c1-5-18(25)23-20-21-10-13-14(22-20)6-11(7-15(13)24)12-8-16(26-2)19(28-4)17(9-12)27-3/h8-11H,5-7H2,1-4H3,(H,21,22,23,25)/t11-/m0/s1. The molecule has 1 N–H and O–H groups in total. The van der Waals surface area contributed by atoms with Crippen LogP contribution in [0.3, 0.4) is 0 Å². The van der Waals surface area contributed by atoms with E-state index in [1.54, 1.807) is 28.3 Å². The summed E-state index contributed by atoms with van der Waals surface area (Å²) in [5.74, 6) is 1.48. The van der Waals surface area contributed by atoms with Gasteiger partial charge in [0.1, 0.15) is 0 Å². The fourth-order valence-electron chi connectivity index (χ4n) is 3.29. The lowest BCUT2D eigenvalue weighted by molar-refractivity contribution is -0.115. The second-order valence-corrected chi connectivity index (χ2v) is 6.44. The first-order valence-electron chi connectivity index (χ1n) is 8.99. The molecular weight excluding hydrogens is 362 g/mol. The molecule has 1 aromatic heterocycles. The van der Waals surface area contributed by atoms with Crippen molar-refractivity contribution >= 4 is 17.6 Å². The number of nitrogens with zero attached hydrogens (tertiary/aromatic N) is 2. The molecule has 1 aliphatic rings. The average Bonchev–Trinajstić information content (AvgIpc) is 2.72. The molecule has 8 heteroatoms. The molecule has 0 saturated heterocycles. The zero-order valence-corrected chi connectivity index (χ0v) is 16.4. The number of rotatable bonds is 6. The normalized spacial score (nSPS) is 15.6. The Morgan fingerprint density at radius 1 is 1.14 bits per heavy atom. The molecule has 3 rings (SSSR count). The first-order chi connectivity index (χ1) is 13.5. The second kappa shape index (κ2) is 8.24. The summed E-state index contributed by atoms with van der Waals surface area (Å²) in [4.78, 5) is 32.7. The Morgan fingerprint density at radius 2 is 1.82 bits per heavy atom. The van der Waals surface area contributed by atoms with Crippen molar-refractivity contribution in [2.45, 2.75) is 32.1 Å². The first-order valence-corrected chi connectivity index (χ1v) is 8.99. The molecule has 0 aliphatic heterocycles. The van der Waals surface area contributed by atoms with Crippen molar-refractivity contribution in [3.05, 3.63) is 35.2 Å². The summed E-state index contributed by atoms with van der Waals surface area (Å²) in [5.41, 5.74) is 2.01. The topological polar surface area (TPSA) is 99.6 Å². The SMILES string of the molecule is CCC(=O)Nc1ncc2c(n1)C[C@H](c1cc(OC)c(OC)c(OC)c1)CC2=O. The van der Waals surface area contributed by atoms with Crippen LogP contribution in [-0.4, -0.2) is 43.0 Å². The Kier molecular flexibility index (Phi) is 5.77. The van der Waals surface area contributed by atoms with Crippen LogP contribution in [0.25, 0.3) is 0 Å². The van der Waals surface area contributed by atoms with Gasteiger partial charge in [-0.25, -0.2) is 9.97 Å². The van der Waals surface area contributed by atoms with Crippen molar-refractivity contribution < 1.29 is 23.8 Å². The highest BCUT2D eigenvalue weighted by molar-refractivity contribution is 5.99. The molecule has 0 saturated carbocycles. The monoisotopic (exact) mass is 385 g/mol. The van der Waals surface area contributed by atoms with Crippen LogP contribution in [0, 0.1) is 0 Å². The van der Waals surface area contributed by atoms with E-state index in [-0.39, 0.29) is 23.6 Å². The second-order valence-electron chi connectivity index (χ2n) is 6.44. The van der Waals surface area contributed by atoms with E-state index in [9.17, 15) is 9.59 Å². The van der Waals surface area contributed by atoms with Gasteiger partial charge in [0.25, 0.3) is 0 Å². The average molecular weight is 385 g/mol. The lowest BCUT2D eigenvalue weighted by Gasteiger charge is -2.24. The van der Waals surface area contributed by atoms with Crippen molar-refractivity contribution in [1.29, 1.82) is 0 Å². The Morgan fingerprint density at radius 3 is 2.39 bits per heavy atom. The highest BCUT2D eigenvalue weighted by Crippen LogP contribution is 2.42. The largest absolute Gasteiger partial charge is 0.493 e. The van der Waals surface area contributed by atoms with Crippen molar-refractivity contribution in [3.63, 3.8) is 0 Å². The molecule has 28 heavy (non-hydrogen) atoms. The molecule has 2 aromatic rings. The van der Waals surface area contributed by atoms with Crippen LogP contribution in [0.5, 0.6) is 17.2 Å². The summed E-state index contributed by atoms with van der Waals surface area (Å²) in [6.45, 7) is 1.75. The number of ether oxygens (including phenoxy) is 3. The lowest BCUT2D eigenvalue weighted by Crippen LogP contribution is -2.22. The van der Waals surface area contributed by atoms with Gasteiger partial charge in [-0.1, -0.05) is 6.92 Å². The van der Waals surface area contributed by atoms with Gasteiger partial charge >= 0.3 is 0 Å². The van der Waals surface area contributed by atoms with E-state index in [2.05, 4.69) is 15.3 Å². The molecule has 8 nitrogen and oxygen atoms in total. The number of carbonyl (C=O) groups is 2. The number of hydrogen-bond donors (Lipinski definition) is 1. The van der Waals surface area contributed by atoms with Gasteiger partial charge in [0.05, 0.1) is 32.6 Å². The number of hydrogen-bond acceptors (Lipinski definition) is 7. The van der Waals surface area contributed by atoms with E-state index in [1.165, 1.54) is 6.20 Å². The predicted molar refractivity (Wildman–Crippen MR) is 102 cm³/mol. The number of methoxy groups -OCH3 is 3. The maximum Gasteiger partial charge on any atom is 0.229 e. The van der Waals surface area contributed by atoms with E-state index >= 15 is 0 Å².